The second-order valence-corrected chi connectivity index (χ2v) is 3.93. The number of amides is 1. The fourth-order valence-corrected chi connectivity index (χ4v) is 1.61. The summed E-state index contributed by atoms with van der Waals surface area (Å²) in [6.45, 7) is 2.03. The van der Waals surface area contributed by atoms with Crippen LogP contribution < -0.4 is 16.0 Å². The lowest BCUT2D eigenvalue weighted by molar-refractivity contribution is -0.121. The summed E-state index contributed by atoms with van der Waals surface area (Å²) in [5.74, 6) is 6.03. The summed E-state index contributed by atoms with van der Waals surface area (Å²) in [5, 5.41) is 0. The van der Waals surface area contributed by atoms with Crippen LogP contribution in [0.15, 0.2) is 24.3 Å². The van der Waals surface area contributed by atoms with E-state index in [0.717, 1.165) is 12.2 Å². The minimum absolute atomic E-state index is 0.124. The summed E-state index contributed by atoms with van der Waals surface area (Å²) in [6, 6.07) is 7.86. The second-order valence-electron chi connectivity index (χ2n) is 3.93. The molecule has 0 aliphatic rings. The molecule has 1 aromatic rings. The van der Waals surface area contributed by atoms with Gasteiger partial charge in [0, 0.05) is 6.42 Å². The third-order valence-corrected chi connectivity index (χ3v) is 2.44. The van der Waals surface area contributed by atoms with Crippen molar-refractivity contribution in [2.75, 3.05) is 7.11 Å². The van der Waals surface area contributed by atoms with Gasteiger partial charge in [-0.15, -0.1) is 0 Å². The van der Waals surface area contributed by atoms with E-state index >= 15 is 0 Å². The molecule has 0 radical (unpaired) electrons. The Hall–Kier alpha value is -1.55. The molecule has 0 saturated carbocycles. The van der Waals surface area contributed by atoms with E-state index in [1.54, 1.807) is 7.11 Å². The van der Waals surface area contributed by atoms with Crippen molar-refractivity contribution in [2.45, 2.75) is 19.8 Å². The van der Waals surface area contributed by atoms with Crippen molar-refractivity contribution < 1.29 is 9.53 Å². The average Bonchev–Trinajstić information content (AvgIpc) is 2.29. The number of methoxy groups -OCH3 is 1. The van der Waals surface area contributed by atoms with Gasteiger partial charge in [0.25, 0.3) is 0 Å². The maximum atomic E-state index is 11.1. The number of hydrogen-bond donors (Lipinski definition) is 2. The number of carbonyl (C=O) groups excluding carboxylic acids is 1. The molecule has 0 aliphatic carbocycles. The molecule has 0 aromatic heterocycles. The number of nitrogens with two attached hydrogens (primary N) is 1. The summed E-state index contributed by atoms with van der Waals surface area (Å²) in [5.41, 5.74) is 3.33. The van der Waals surface area contributed by atoms with Gasteiger partial charge < -0.3 is 4.74 Å². The Bertz CT molecular complexity index is 335. The smallest absolute Gasteiger partial charge is 0.234 e. The predicted molar refractivity (Wildman–Crippen MR) is 62.8 cm³/mol. The van der Waals surface area contributed by atoms with Crippen molar-refractivity contribution in [1.82, 2.24) is 5.43 Å². The number of benzene rings is 1. The number of hydrazine groups is 1. The van der Waals surface area contributed by atoms with Gasteiger partial charge in [0.05, 0.1) is 7.11 Å². The summed E-state index contributed by atoms with van der Waals surface area (Å²) in [4.78, 5) is 11.1. The molecule has 0 fully saturated rings. The molecular formula is C12H18N2O2. The van der Waals surface area contributed by atoms with Gasteiger partial charge >= 0.3 is 0 Å². The largest absolute Gasteiger partial charge is 0.497 e. The van der Waals surface area contributed by atoms with Crippen LogP contribution in [-0.2, 0) is 11.2 Å². The average molecular weight is 222 g/mol. The monoisotopic (exact) mass is 222 g/mol. The zero-order valence-electron chi connectivity index (χ0n) is 9.69. The van der Waals surface area contributed by atoms with E-state index in [4.69, 9.17) is 10.6 Å². The number of nitrogens with one attached hydrogen (secondary N) is 1. The fraction of sp³-hybridized carbons (Fsp3) is 0.417. The van der Waals surface area contributed by atoms with Crippen LogP contribution in [0.1, 0.15) is 18.9 Å². The predicted octanol–water partition coefficient (Wildman–Crippen LogP) is 1.25. The lowest BCUT2D eigenvalue weighted by Gasteiger charge is -2.10. The van der Waals surface area contributed by atoms with E-state index in [0.29, 0.717) is 6.42 Å². The SMILES string of the molecule is COc1ccc(CC(C)CC(=O)NN)cc1. The Morgan fingerprint density at radius 3 is 2.56 bits per heavy atom. The normalized spacial score (nSPS) is 11.9. The van der Waals surface area contributed by atoms with Crippen LogP contribution >= 0.6 is 0 Å². The molecule has 1 rings (SSSR count). The van der Waals surface area contributed by atoms with Crippen molar-refractivity contribution in [3.05, 3.63) is 29.8 Å². The third-order valence-electron chi connectivity index (χ3n) is 2.44. The molecule has 0 aliphatic heterocycles. The van der Waals surface area contributed by atoms with Gasteiger partial charge in [-0.2, -0.15) is 0 Å². The molecule has 0 heterocycles. The van der Waals surface area contributed by atoms with E-state index < -0.39 is 0 Å². The van der Waals surface area contributed by atoms with Gasteiger partial charge in [-0.25, -0.2) is 5.84 Å². The zero-order chi connectivity index (χ0) is 12.0. The highest BCUT2D eigenvalue weighted by atomic mass is 16.5. The topological polar surface area (TPSA) is 64.3 Å². The number of ether oxygens (including phenoxy) is 1. The van der Waals surface area contributed by atoms with Gasteiger partial charge in [0.2, 0.25) is 5.91 Å². The lowest BCUT2D eigenvalue weighted by Crippen LogP contribution is -2.31. The molecule has 0 spiro atoms. The van der Waals surface area contributed by atoms with Crippen molar-refractivity contribution in [1.29, 1.82) is 0 Å². The van der Waals surface area contributed by atoms with E-state index in [1.165, 1.54) is 5.56 Å². The molecule has 1 aromatic carbocycles. The standard InChI is InChI=1S/C12H18N2O2/c1-9(8-12(15)14-13)7-10-3-5-11(16-2)6-4-10/h3-6,9H,7-8,13H2,1-2H3,(H,14,15). The fourth-order valence-electron chi connectivity index (χ4n) is 1.61. The van der Waals surface area contributed by atoms with Crippen molar-refractivity contribution >= 4 is 5.91 Å². The van der Waals surface area contributed by atoms with Gasteiger partial charge in [0.1, 0.15) is 5.75 Å². The highest BCUT2D eigenvalue weighted by Gasteiger charge is 2.08. The first kappa shape index (κ1) is 12.5. The molecule has 4 nitrogen and oxygen atoms in total. The first-order chi connectivity index (χ1) is 7.65. The summed E-state index contributed by atoms with van der Waals surface area (Å²) < 4.78 is 5.08. The number of rotatable bonds is 5. The highest BCUT2D eigenvalue weighted by molar-refractivity contribution is 5.75. The van der Waals surface area contributed by atoms with Crippen LogP contribution in [-0.4, -0.2) is 13.0 Å². The van der Waals surface area contributed by atoms with Crippen LogP contribution in [0.3, 0.4) is 0 Å². The summed E-state index contributed by atoms with van der Waals surface area (Å²) in [7, 11) is 1.64. The minimum Gasteiger partial charge on any atom is -0.497 e. The zero-order valence-corrected chi connectivity index (χ0v) is 9.69. The lowest BCUT2D eigenvalue weighted by atomic mass is 9.98. The molecule has 1 atom stereocenters. The van der Waals surface area contributed by atoms with Crippen molar-refractivity contribution in [3.8, 4) is 5.75 Å². The first-order valence-corrected chi connectivity index (χ1v) is 5.28. The minimum atomic E-state index is -0.124. The van der Waals surface area contributed by atoms with Crippen molar-refractivity contribution in [2.24, 2.45) is 11.8 Å². The second kappa shape index (κ2) is 6.12. The molecule has 0 bridgehead atoms. The quantitative estimate of drug-likeness (QED) is 0.448. The molecule has 3 N–H and O–H groups in total. The highest BCUT2D eigenvalue weighted by Crippen LogP contribution is 2.15. The molecule has 16 heavy (non-hydrogen) atoms. The van der Waals surface area contributed by atoms with Gasteiger partial charge in [-0.05, 0) is 30.0 Å². The van der Waals surface area contributed by atoms with E-state index in [-0.39, 0.29) is 11.8 Å². The number of carbonyl (C=O) groups is 1. The van der Waals surface area contributed by atoms with Gasteiger partial charge in [-0.3, -0.25) is 10.2 Å². The van der Waals surface area contributed by atoms with E-state index in [9.17, 15) is 4.79 Å². The Labute approximate surface area is 95.8 Å². The van der Waals surface area contributed by atoms with Crippen LogP contribution in [0, 0.1) is 5.92 Å². The molecule has 1 amide bonds. The van der Waals surface area contributed by atoms with E-state index in [1.807, 2.05) is 31.2 Å². The van der Waals surface area contributed by atoms with Crippen LogP contribution in [0.5, 0.6) is 5.75 Å². The Morgan fingerprint density at radius 1 is 1.44 bits per heavy atom. The van der Waals surface area contributed by atoms with Gasteiger partial charge in [0.15, 0.2) is 0 Å². The van der Waals surface area contributed by atoms with Crippen LogP contribution in [0.25, 0.3) is 0 Å². The van der Waals surface area contributed by atoms with Crippen LogP contribution in [0.2, 0.25) is 0 Å². The van der Waals surface area contributed by atoms with E-state index in [2.05, 4.69) is 5.43 Å². The molecule has 88 valence electrons. The molecular weight excluding hydrogens is 204 g/mol. The Balaban J connectivity index is 2.49. The van der Waals surface area contributed by atoms with Crippen molar-refractivity contribution in [3.63, 3.8) is 0 Å². The molecule has 4 heteroatoms. The van der Waals surface area contributed by atoms with Crippen LogP contribution in [0.4, 0.5) is 0 Å². The molecule has 0 saturated heterocycles. The summed E-state index contributed by atoms with van der Waals surface area (Å²) in [6.07, 6.45) is 1.31. The maximum absolute atomic E-state index is 11.1. The maximum Gasteiger partial charge on any atom is 0.234 e. The third kappa shape index (κ3) is 3.90. The Morgan fingerprint density at radius 2 is 2.06 bits per heavy atom. The number of hydrogen-bond acceptors (Lipinski definition) is 3. The Kier molecular flexibility index (Phi) is 4.79. The molecule has 1 unspecified atom stereocenters. The van der Waals surface area contributed by atoms with Gasteiger partial charge in [-0.1, -0.05) is 19.1 Å². The summed E-state index contributed by atoms with van der Waals surface area (Å²) >= 11 is 0. The first-order valence-electron chi connectivity index (χ1n) is 5.28.